The van der Waals surface area contributed by atoms with Crippen LogP contribution in [0.5, 0.6) is 5.75 Å². The number of halogens is 3. The first kappa shape index (κ1) is 15.1. The molecule has 0 aliphatic heterocycles. The van der Waals surface area contributed by atoms with Gasteiger partial charge in [0.25, 0.3) is 0 Å². The van der Waals surface area contributed by atoms with Gasteiger partial charge in [0.15, 0.2) is 11.6 Å². The van der Waals surface area contributed by atoms with E-state index >= 15 is 0 Å². The summed E-state index contributed by atoms with van der Waals surface area (Å²) in [6.45, 7) is 1.99. The first-order chi connectivity index (χ1) is 9.51. The van der Waals surface area contributed by atoms with Gasteiger partial charge in [-0.1, -0.05) is 17.7 Å². The third-order valence-electron chi connectivity index (χ3n) is 2.98. The second kappa shape index (κ2) is 6.46. The van der Waals surface area contributed by atoms with Gasteiger partial charge >= 0.3 is 0 Å². The lowest BCUT2D eigenvalue weighted by Crippen LogP contribution is -2.07. The third kappa shape index (κ3) is 3.44. The summed E-state index contributed by atoms with van der Waals surface area (Å²) in [5.41, 5.74) is 1.81. The van der Waals surface area contributed by atoms with E-state index in [1.165, 1.54) is 13.2 Å². The maximum absolute atomic E-state index is 13.4. The highest BCUT2D eigenvalue weighted by atomic mass is 79.9. The zero-order valence-corrected chi connectivity index (χ0v) is 13.4. The largest absolute Gasteiger partial charge is 0.494 e. The van der Waals surface area contributed by atoms with Crippen molar-refractivity contribution in [2.45, 2.75) is 13.0 Å². The molecule has 0 aliphatic carbocycles. The van der Waals surface area contributed by atoms with E-state index in [2.05, 4.69) is 21.2 Å². The molecule has 0 amide bonds. The number of methoxy groups -OCH3 is 1. The zero-order valence-electron chi connectivity index (χ0n) is 11.1. The van der Waals surface area contributed by atoms with Gasteiger partial charge < -0.3 is 10.1 Å². The number of benzene rings is 2. The average Bonchev–Trinajstić information content (AvgIpc) is 2.43. The smallest absolute Gasteiger partial charge is 0.165 e. The van der Waals surface area contributed by atoms with Crippen molar-refractivity contribution < 1.29 is 9.13 Å². The van der Waals surface area contributed by atoms with Crippen LogP contribution < -0.4 is 10.1 Å². The van der Waals surface area contributed by atoms with Crippen molar-refractivity contribution in [3.8, 4) is 5.75 Å². The lowest BCUT2D eigenvalue weighted by atomic mass is 10.1. The first-order valence-electron chi connectivity index (χ1n) is 6.06. The molecule has 0 spiro atoms. The molecule has 2 aromatic rings. The van der Waals surface area contributed by atoms with Crippen LogP contribution in [0.2, 0.25) is 5.02 Å². The van der Waals surface area contributed by atoms with Crippen LogP contribution in [0.15, 0.2) is 40.9 Å². The molecule has 0 aromatic heterocycles. The molecule has 0 saturated heterocycles. The van der Waals surface area contributed by atoms with E-state index in [9.17, 15) is 4.39 Å². The van der Waals surface area contributed by atoms with E-state index in [0.29, 0.717) is 5.02 Å². The zero-order chi connectivity index (χ0) is 14.7. The molecule has 20 heavy (non-hydrogen) atoms. The molecule has 1 atom stereocenters. The highest BCUT2D eigenvalue weighted by Gasteiger charge is 2.11. The standard InChI is InChI=1S/C15H14BrClFNO/c1-9(10-3-6-13(18)15(7-10)20-2)19-14-8-11(17)4-5-12(14)16/h3-9,19H,1-2H3. The van der Waals surface area contributed by atoms with Gasteiger partial charge in [0, 0.05) is 15.5 Å². The molecule has 2 nitrogen and oxygen atoms in total. The molecule has 106 valence electrons. The molecule has 5 heteroatoms. The number of hydrogen-bond acceptors (Lipinski definition) is 2. The predicted octanol–water partition coefficient (Wildman–Crippen LogP) is 5.42. The van der Waals surface area contributed by atoms with E-state index in [1.54, 1.807) is 12.1 Å². The highest BCUT2D eigenvalue weighted by Crippen LogP contribution is 2.30. The second-order valence-corrected chi connectivity index (χ2v) is 5.67. The quantitative estimate of drug-likeness (QED) is 0.787. The van der Waals surface area contributed by atoms with Crippen molar-refractivity contribution in [2.75, 3.05) is 12.4 Å². The summed E-state index contributed by atoms with van der Waals surface area (Å²) < 4.78 is 19.3. The molecule has 0 bridgehead atoms. The lowest BCUT2D eigenvalue weighted by molar-refractivity contribution is 0.385. The Labute approximate surface area is 131 Å². The maximum atomic E-state index is 13.4. The van der Waals surface area contributed by atoms with Crippen molar-refractivity contribution in [2.24, 2.45) is 0 Å². The summed E-state index contributed by atoms with van der Waals surface area (Å²) in [7, 11) is 1.45. The Bertz CT molecular complexity index is 621. The first-order valence-corrected chi connectivity index (χ1v) is 7.23. The summed E-state index contributed by atoms with van der Waals surface area (Å²) in [5.74, 6) is -0.131. The van der Waals surface area contributed by atoms with Crippen LogP contribution in [0, 0.1) is 5.82 Å². The highest BCUT2D eigenvalue weighted by molar-refractivity contribution is 9.10. The Morgan fingerprint density at radius 1 is 1.25 bits per heavy atom. The van der Waals surface area contributed by atoms with Crippen LogP contribution in [-0.2, 0) is 0 Å². The summed E-state index contributed by atoms with van der Waals surface area (Å²) >= 11 is 9.45. The average molecular weight is 359 g/mol. The normalized spacial score (nSPS) is 12.1. The molecule has 0 radical (unpaired) electrons. The van der Waals surface area contributed by atoms with Crippen LogP contribution in [0.4, 0.5) is 10.1 Å². The molecule has 2 rings (SSSR count). The minimum atomic E-state index is -0.368. The fraction of sp³-hybridized carbons (Fsp3) is 0.200. The Hall–Kier alpha value is -1.26. The Kier molecular flexibility index (Phi) is 4.89. The molecular weight excluding hydrogens is 345 g/mol. The van der Waals surface area contributed by atoms with Crippen LogP contribution in [-0.4, -0.2) is 7.11 Å². The molecule has 2 aromatic carbocycles. The third-order valence-corrected chi connectivity index (χ3v) is 3.90. The Balaban J connectivity index is 2.23. The fourth-order valence-corrected chi connectivity index (χ4v) is 2.40. The molecule has 0 fully saturated rings. The number of nitrogens with one attached hydrogen (secondary N) is 1. The monoisotopic (exact) mass is 357 g/mol. The van der Waals surface area contributed by atoms with Gasteiger partial charge in [0.1, 0.15) is 0 Å². The van der Waals surface area contributed by atoms with Crippen LogP contribution in [0.25, 0.3) is 0 Å². The number of hydrogen-bond donors (Lipinski definition) is 1. The molecule has 1 unspecified atom stereocenters. The summed E-state index contributed by atoms with van der Waals surface area (Å²) in [6.07, 6.45) is 0. The van der Waals surface area contributed by atoms with Crippen LogP contribution in [0.1, 0.15) is 18.5 Å². The van der Waals surface area contributed by atoms with Gasteiger partial charge in [-0.25, -0.2) is 4.39 Å². The van der Waals surface area contributed by atoms with E-state index < -0.39 is 0 Å². The van der Waals surface area contributed by atoms with Crippen molar-refractivity contribution in [1.29, 1.82) is 0 Å². The summed E-state index contributed by atoms with van der Waals surface area (Å²) in [5, 5.41) is 3.98. The molecule has 0 saturated carbocycles. The van der Waals surface area contributed by atoms with Crippen LogP contribution >= 0.6 is 27.5 Å². The van der Waals surface area contributed by atoms with Gasteiger partial charge in [-0.2, -0.15) is 0 Å². The molecule has 1 N–H and O–H groups in total. The van der Waals surface area contributed by atoms with Gasteiger partial charge in [-0.05, 0) is 58.7 Å². The summed E-state index contributed by atoms with van der Waals surface area (Å²) in [4.78, 5) is 0. The van der Waals surface area contributed by atoms with Crippen molar-refractivity contribution in [3.63, 3.8) is 0 Å². The van der Waals surface area contributed by atoms with Crippen molar-refractivity contribution in [1.82, 2.24) is 0 Å². The molecule has 0 heterocycles. The second-order valence-electron chi connectivity index (χ2n) is 4.38. The van der Waals surface area contributed by atoms with Gasteiger partial charge in [-0.3, -0.25) is 0 Å². The van der Waals surface area contributed by atoms with E-state index in [0.717, 1.165) is 15.7 Å². The SMILES string of the molecule is COc1cc(C(C)Nc2cc(Cl)ccc2Br)ccc1F. The fourth-order valence-electron chi connectivity index (χ4n) is 1.87. The number of ether oxygens (including phenoxy) is 1. The van der Waals surface area contributed by atoms with Gasteiger partial charge in [0.05, 0.1) is 12.8 Å². The van der Waals surface area contributed by atoms with E-state index in [4.69, 9.17) is 16.3 Å². The lowest BCUT2D eigenvalue weighted by Gasteiger charge is -2.18. The topological polar surface area (TPSA) is 21.3 Å². The van der Waals surface area contributed by atoms with E-state index in [1.807, 2.05) is 25.1 Å². The molecule has 0 aliphatic rings. The predicted molar refractivity (Wildman–Crippen MR) is 84.1 cm³/mol. The van der Waals surface area contributed by atoms with Crippen molar-refractivity contribution >= 4 is 33.2 Å². The molecular formula is C15H14BrClFNO. The van der Waals surface area contributed by atoms with Gasteiger partial charge in [0.2, 0.25) is 0 Å². The minimum Gasteiger partial charge on any atom is -0.494 e. The van der Waals surface area contributed by atoms with E-state index in [-0.39, 0.29) is 17.6 Å². The minimum absolute atomic E-state index is 0.0146. The maximum Gasteiger partial charge on any atom is 0.165 e. The van der Waals surface area contributed by atoms with Crippen LogP contribution in [0.3, 0.4) is 0 Å². The van der Waals surface area contributed by atoms with Crippen molar-refractivity contribution in [3.05, 3.63) is 57.3 Å². The summed E-state index contributed by atoms with van der Waals surface area (Å²) in [6, 6.07) is 10.3. The number of anilines is 1. The Morgan fingerprint density at radius 2 is 2.00 bits per heavy atom. The van der Waals surface area contributed by atoms with Gasteiger partial charge in [-0.15, -0.1) is 0 Å². The Morgan fingerprint density at radius 3 is 2.70 bits per heavy atom. The number of rotatable bonds is 4.